The first kappa shape index (κ1) is 16.4. The molecule has 0 aromatic heterocycles. The van der Waals surface area contributed by atoms with E-state index in [0.29, 0.717) is 19.2 Å². The van der Waals surface area contributed by atoms with Crippen LogP contribution >= 0.6 is 0 Å². The SMILES string of the molecule is CCOC(=O)C(C)(N)CN(C)C(C)C(C)(C)C. The summed E-state index contributed by atoms with van der Waals surface area (Å²) in [5.74, 6) is -0.340. The third-order valence-electron chi connectivity index (χ3n) is 3.23. The fraction of sp³-hybridized carbons (Fsp3) is 0.923. The van der Waals surface area contributed by atoms with Crippen LogP contribution in [0.15, 0.2) is 0 Å². The van der Waals surface area contributed by atoms with Crippen molar-refractivity contribution < 1.29 is 9.53 Å². The molecule has 0 saturated heterocycles. The first-order valence-electron chi connectivity index (χ1n) is 6.18. The molecule has 0 fully saturated rings. The summed E-state index contributed by atoms with van der Waals surface area (Å²) < 4.78 is 4.98. The van der Waals surface area contributed by atoms with Crippen molar-refractivity contribution >= 4 is 5.97 Å². The second-order valence-electron chi connectivity index (χ2n) is 6.10. The Hall–Kier alpha value is -0.610. The Kier molecular flexibility index (Phi) is 5.62. The predicted molar refractivity (Wildman–Crippen MR) is 70.8 cm³/mol. The Morgan fingerprint density at radius 1 is 1.35 bits per heavy atom. The molecule has 0 heterocycles. The van der Waals surface area contributed by atoms with E-state index in [2.05, 4.69) is 32.6 Å². The summed E-state index contributed by atoms with van der Waals surface area (Å²) in [5.41, 5.74) is 5.21. The Morgan fingerprint density at radius 2 is 1.82 bits per heavy atom. The van der Waals surface area contributed by atoms with Crippen molar-refractivity contribution in [3.05, 3.63) is 0 Å². The van der Waals surface area contributed by atoms with Crippen molar-refractivity contribution in [2.45, 2.75) is 53.1 Å². The van der Waals surface area contributed by atoms with Gasteiger partial charge in [0.1, 0.15) is 5.54 Å². The molecule has 4 heteroatoms. The monoisotopic (exact) mass is 244 g/mol. The van der Waals surface area contributed by atoms with Gasteiger partial charge >= 0.3 is 5.97 Å². The maximum atomic E-state index is 11.7. The van der Waals surface area contributed by atoms with Gasteiger partial charge in [-0.15, -0.1) is 0 Å². The third kappa shape index (κ3) is 5.04. The summed E-state index contributed by atoms with van der Waals surface area (Å²) in [7, 11) is 1.99. The average Bonchev–Trinajstić information content (AvgIpc) is 2.14. The molecule has 2 unspecified atom stereocenters. The number of esters is 1. The molecule has 0 saturated carbocycles. The van der Waals surface area contributed by atoms with E-state index in [1.165, 1.54) is 0 Å². The quantitative estimate of drug-likeness (QED) is 0.747. The highest BCUT2D eigenvalue weighted by atomic mass is 16.5. The molecule has 0 amide bonds. The van der Waals surface area contributed by atoms with E-state index in [1.54, 1.807) is 13.8 Å². The lowest BCUT2D eigenvalue weighted by molar-refractivity contribution is -0.150. The van der Waals surface area contributed by atoms with Gasteiger partial charge in [0.2, 0.25) is 0 Å². The third-order valence-corrected chi connectivity index (χ3v) is 3.23. The van der Waals surface area contributed by atoms with E-state index in [-0.39, 0.29) is 11.4 Å². The van der Waals surface area contributed by atoms with Crippen molar-refractivity contribution in [3.8, 4) is 0 Å². The highest BCUT2D eigenvalue weighted by molar-refractivity contribution is 5.80. The zero-order valence-corrected chi connectivity index (χ0v) is 12.3. The van der Waals surface area contributed by atoms with Crippen LogP contribution in [0.4, 0.5) is 0 Å². The summed E-state index contributed by atoms with van der Waals surface area (Å²) in [6.45, 7) is 13.0. The Bertz CT molecular complexity index is 257. The number of rotatable bonds is 5. The molecule has 2 atom stereocenters. The van der Waals surface area contributed by atoms with Gasteiger partial charge in [-0.05, 0) is 33.2 Å². The van der Waals surface area contributed by atoms with Gasteiger partial charge in [-0.25, -0.2) is 0 Å². The molecule has 0 rings (SSSR count). The fourth-order valence-electron chi connectivity index (χ4n) is 1.68. The smallest absolute Gasteiger partial charge is 0.327 e. The molecule has 0 radical (unpaired) electrons. The van der Waals surface area contributed by atoms with E-state index >= 15 is 0 Å². The van der Waals surface area contributed by atoms with Crippen LogP contribution in [0.2, 0.25) is 0 Å². The molecule has 0 aliphatic heterocycles. The molecular weight excluding hydrogens is 216 g/mol. The van der Waals surface area contributed by atoms with E-state index in [9.17, 15) is 4.79 Å². The van der Waals surface area contributed by atoms with Crippen molar-refractivity contribution in [1.29, 1.82) is 0 Å². The Labute approximate surface area is 105 Å². The molecule has 0 bridgehead atoms. The van der Waals surface area contributed by atoms with E-state index < -0.39 is 5.54 Å². The van der Waals surface area contributed by atoms with Crippen LogP contribution in [-0.2, 0) is 9.53 Å². The van der Waals surface area contributed by atoms with Crippen molar-refractivity contribution in [2.24, 2.45) is 11.1 Å². The predicted octanol–water partition coefficient (Wildman–Crippen LogP) is 1.63. The summed E-state index contributed by atoms with van der Waals surface area (Å²) in [5, 5.41) is 0. The minimum absolute atomic E-state index is 0.152. The standard InChI is InChI=1S/C13H28N2O2/c1-8-17-11(16)13(6,14)9-15(7)10(2)12(3,4)5/h10H,8-9,14H2,1-7H3. The number of hydrogen-bond donors (Lipinski definition) is 1. The molecular formula is C13H28N2O2. The van der Waals surface area contributed by atoms with Gasteiger partial charge in [0.05, 0.1) is 6.61 Å². The molecule has 102 valence electrons. The van der Waals surface area contributed by atoms with Gasteiger partial charge in [0.15, 0.2) is 0 Å². The molecule has 0 aliphatic carbocycles. The molecule has 0 spiro atoms. The first-order valence-corrected chi connectivity index (χ1v) is 6.18. The molecule has 17 heavy (non-hydrogen) atoms. The van der Waals surface area contributed by atoms with Crippen LogP contribution in [-0.4, -0.2) is 42.6 Å². The molecule has 0 aromatic carbocycles. The van der Waals surface area contributed by atoms with Crippen LogP contribution in [0.1, 0.15) is 41.5 Å². The Morgan fingerprint density at radius 3 is 2.18 bits per heavy atom. The summed E-state index contributed by atoms with van der Waals surface area (Å²) in [6, 6.07) is 0.333. The zero-order chi connectivity index (χ0) is 13.9. The van der Waals surface area contributed by atoms with Crippen LogP contribution in [0, 0.1) is 5.41 Å². The van der Waals surface area contributed by atoms with Gasteiger partial charge in [0, 0.05) is 12.6 Å². The second-order valence-corrected chi connectivity index (χ2v) is 6.10. The normalized spacial score (nSPS) is 17.7. The number of carbonyl (C=O) groups is 1. The van der Waals surface area contributed by atoms with Crippen LogP contribution in [0.5, 0.6) is 0 Å². The van der Waals surface area contributed by atoms with Crippen molar-refractivity contribution in [1.82, 2.24) is 4.90 Å². The number of hydrogen-bond acceptors (Lipinski definition) is 4. The highest BCUT2D eigenvalue weighted by Crippen LogP contribution is 2.23. The van der Waals surface area contributed by atoms with Crippen molar-refractivity contribution in [2.75, 3.05) is 20.2 Å². The second kappa shape index (κ2) is 5.83. The lowest BCUT2D eigenvalue weighted by Crippen LogP contribution is -2.56. The zero-order valence-electron chi connectivity index (χ0n) is 12.3. The van der Waals surface area contributed by atoms with Crippen LogP contribution in [0.3, 0.4) is 0 Å². The molecule has 2 N–H and O–H groups in total. The first-order chi connectivity index (χ1) is 7.52. The number of nitrogens with zero attached hydrogens (tertiary/aromatic N) is 1. The minimum Gasteiger partial charge on any atom is -0.465 e. The highest BCUT2D eigenvalue weighted by Gasteiger charge is 2.34. The van der Waals surface area contributed by atoms with E-state index in [4.69, 9.17) is 10.5 Å². The number of ether oxygens (including phenoxy) is 1. The van der Waals surface area contributed by atoms with Crippen molar-refractivity contribution in [3.63, 3.8) is 0 Å². The number of nitrogens with two attached hydrogens (primary N) is 1. The van der Waals surface area contributed by atoms with Gasteiger partial charge in [0.25, 0.3) is 0 Å². The van der Waals surface area contributed by atoms with E-state index in [0.717, 1.165) is 0 Å². The maximum absolute atomic E-state index is 11.7. The van der Waals surface area contributed by atoms with Gasteiger partial charge in [-0.2, -0.15) is 0 Å². The summed E-state index contributed by atoms with van der Waals surface area (Å²) >= 11 is 0. The molecule has 4 nitrogen and oxygen atoms in total. The van der Waals surface area contributed by atoms with Gasteiger partial charge in [-0.1, -0.05) is 20.8 Å². The Balaban J connectivity index is 4.56. The van der Waals surface area contributed by atoms with E-state index in [1.807, 2.05) is 7.05 Å². The number of carbonyl (C=O) groups excluding carboxylic acids is 1. The minimum atomic E-state index is -0.954. The topological polar surface area (TPSA) is 55.6 Å². The molecule has 0 aromatic rings. The lowest BCUT2D eigenvalue weighted by atomic mass is 9.86. The largest absolute Gasteiger partial charge is 0.465 e. The molecule has 0 aliphatic rings. The van der Waals surface area contributed by atoms with Crippen LogP contribution in [0.25, 0.3) is 0 Å². The van der Waals surface area contributed by atoms with Gasteiger partial charge in [-0.3, -0.25) is 4.79 Å². The number of likely N-dealkylation sites (N-methyl/N-ethyl adjacent to an activating group) is 1. The summed E-state index contributed by atoms with van der Waals surface area (Å²) in [6.07, 6.45) is 0. The fourth-order valence-corrected chi connectivity index (χ4v) is 1.68. The summed E-state index contributed by atoms with van der Waals surface area (Å²) in [4.78, 5) is 13.8. The lowest BCUT2D eigenvalue weighted by Gasteiger charge is -2.38. The average molecular weight is 244 g/mol. The maximum Gasteiger partial charge on any atom is 0.327 e. The van der Waals surface area contributed by atoms with Crippen LogP contribution < -0.4 is 5.73 Å². The van der Waals surface area contributed by atoms with Gasteiger partial charge < -0.3 is 15.4 Å².